The van der Waals surface area contributed by atoms with Crippen molar-refractivity contribution in [2.75, 3.05) is 12.8 Å². The Kier molecular flexibility index (Phi) is 17.3. The lowest BCUT2D eigenvalue weighted by Crippen LogP contribution is -2.02. The molecule has 0 radical (unpaired) electrons. The van der Waals surface area contributed by atoms with Crippen LogP contribution in [-0.4, -0.2) is 28.5 Å². The van der Waals surface area contributed by atoms with Crippen molar-refractivity contribution in [2.24, 2.45) is 4.99 Å². The van der Waals surface area contributed by atoms with Crippen LogP contribution in [0.4, 0.5) is 0 Å². The monoisotopic (exact) mass is 347 g/mol. The molecule has 21 heavy (non-hydrogen) atoms. The van der Waals surface area contributed by atoms with Gasteiger partial charge < -0.3 is 0 Å². The Bertz CT molecular complexity index is 263. The molecule has 4 heteroatoms. The van der Waals surface area contributed by atoms with Gasteiger partial charge in [0.15, 0.2) is 0 Å². The minimum Gasteiger partial charge on any atom is -0.233 e. The van der Waals surface area contributed by atoms with Crippen LogP contribution in [0.3, 0.4) is 0 Å². The highest BCUT2D eigenvalue weighted by molar-refractivity contribution is 7.99. The van der Waals surface area contributed by atoms with E-state index in [1.807, 2.05) is 0 Å². The van der Waals surface area contributed by atoms with E-state index in [-0.39, 0.29) is 0 Å². The van der Waals surface area contributed by atoms with E-state index in [2.05, 4.69) is 59.9 Å². The molecule has 0 spiro atoms. The van der Waals surface area contributed by atoms with Gasteiger partial charge in [0.25, 0.3) is 0 Å². The Morgan fingerprint density at radius 1 is 0.952 bits per heavy atom. The molecular formula is C17H33NS3. The molecule has 0 amide bonds. The van der Waals surface area contributed by atoms with E-state index in [1.165, 1.54) is 64.2 Å². The lowest BCUT2D eigenvalue weighted by atomic mass is 10.0. The zero-order valence-electron chi connectivity index (χ0n) is 13.9. The summed E-state index contributed by atoms with van der Waals surface area (Å²) in [5.41, 5.74) is 0. The maximum Gasteiger partial charge on any atom is 0.0584 e. The van der Waals surface area contributed by atoms with E-state index in [0.717, 1.165) is 18.2 Å². The van der Waals surface area contributed by atoms with Crippen molar-refractivity contribution in [2.45, 2.75) is 88.1 Å². The first-order chi connectivity index (χ1) is 10.2. The summed E-state index contributed by atoms with van der Waals surface area (Å²) in [5.74, 6) is 0. The fraction of sp³-hybridized carbons (Fsp3) is 0.941. The van der Waals surface area contributed by atoms with Gasteiger partial charge >= 0.3 is 0 Å². The molecule has 2 unspecified atom stereocenters. The molecule has 0 aliphatic heterocycles. The second kappa shape index (κ2) is 16.9. The van der Waals surface area contributed by atoms with E-state index in [0.29, 0.717) is 5.25 Å². The number of thioether (sulfide) groups is 1. The molecule has 0 aliphatic carbocycles. The Morgan fingerprint density at radius 2 is 1.48 bits per heavy atom. The summed E-state index contributed by atoms with van der Waals surface area (Å²) in [4.78, 5) is 3.95. The van der Waals surface area contributed by atoms with Crippen LogP contribution in [-0.2, 0) is 0 Å². The van der Waals surface area contributed by atoms with Crippen LogP contribution in [0.1, 0.15) is 77.6 Å². The molecule has 2 atom stereocenters. The number of hydrogen-bond acceptors (Lipinski definition) is 4. The van der Waals surface area contributed by atoms with E-state index in [1.54, 1.807) is 0 Å². The summed E-state index contributed by atoms with van der Waals surface area (Å²) >= 11 is 11.0. The Hall–Kier alpha value is 0.500. The number of isothiocyanates is 1. The zero-order valence-corrected chi connectivity index (χ0v) is 16.4. The molecule has 0 N–H and O–H groups in total. The van der Waals surface area contributed by atoms with Crippen LogP contribution in [0.5, 0.6) is 0 Å². The summed E-state index contributed by atoms with van der Waals surface area (Å²) in [7, 11) is 0. The zero-order chi connectivity index (χ0) is 15.8. The maximum absolute atomic E-state index is 4.56. The molecule has 0 bridgehead atoms. The predicted molar refractivity (Wildman–Crippen MR) is 106 cm³/mol. The van der Waals surface area contributed by atoms with Crippen molar-refractivity contribution in [3.05, 3.63) is 0 Å². The number of nitrogens with zero attached hydrogens (tertiary/aromatic N) is 1. The Balaban J connectivity index is 3.39. The first-order valence-corrected chi connectivity index (χ1v) is 10.7. The topological polar surface area (TPSA) is 12.4 Å². The third-order valence-corrected chi connectivity index (χ3v) is 5.37. The summed E-state index contributed by atoms with van der Waals surface area (Å²) in [6.45, 7) is 3.05. The molecule has 0 rings (SSSR count). The average Bonchev–Trinajstić information content (AvgIpc) is 2.47. The van der Waals surface area contributed by atoms with Crippen molar-refractivity contribution >= 4 is 41.8 Å². The molecule has 0 aromatic heterocycles. The van der Waals surface area contributed by atoms with E-state index in [4.69, 9.17) is 0 Å². The molecule has 0 aliphatic rings. The number of unbranched alkanes of at least 4 members (excludes halogenated alkanes) is 6. The Labute approximate surface area is 147 Å². The van der Waals surface area contributed by atoms with Gasteiger partial charge in [-0.15, -0.1) is 0 Å². The molecule has 0 saturated carbocycles. The smallest absolute Gasteiger partial charge is 0.0584 e. The van der Waals surface area contributed by atoms with E-state index < -0.39 is 0 Å². The van der Waals surface area contributed by atoms with Crippen LogP contribution in [0.15, 0.2) is 4.99 Å². The summed E-state index contributed by atoms with van der Waals surface area (Å²) in [5, 5.41) is 3.87. The van der Waals surface area contributed by atoms with Crippen LogP contribution >= 0.6 is 36.6 Å². The van der Waals surface area contributed by atoms with Crippen molar-refractivity contribution in [1.82, 2.24) is 0 Å². The molecule has 1 nitrogen and oxygen atoms in total. The quantitative estimate of drug-likeness (QED) is 0.158. The number of rotatable bonds is 15. The first-order valence-electron chi connectivity index (χ1n) is 8.45. The largest absolute Gasteiger partial charge is 0.233 e. The fourth-order valence-electron chi connectivity index (χ4n) is 2.51. The minimum absolute atomic E-state index is 0.568. The first kappa shape index (κ1) is 21.5. The van der Waals surface area contributed by atoms with Crippen LogP contribution < -0.4 is 0 Å². The molecule has 124 valence electrons. The van der Waals surface area contributed by atoms with Gasteiger partial charge in [-0.3, -0.25) is 0 Å². The maximum atomic E-state index is 4.56. The summed E-state index contributed by atoms with van der Waals surface area (Å²) in [6, 6.07) is 0. The molecule has 0 fully saturated rings. The van der Waals surface area contributed by atoms with Gasteiger partial charge in [0, 0.05) is 11.8 Å². The number of thiocarbonyl (C=S) groups is 1. The standard InChI is InChI=1S/C17H33NS3/c1-16(20)11-7-3-4-8-12-17(21-2)13-9-5-6-10-14-18-15-19/h16-17,20H,3-14H2,1-2H3. The number of hydrogen-bond donors (Lipinski definition) is 1. The molecular weight excluding hydrogens is 314 g/mol. The van der Waals surface area contributed by atoms with Gasteiger partial charge in [0.2, 0.25) is 0 Å². The average molecular weight is 348 g/mol. The van der Waals surface area contributed by atoms with Gasteiger partial charge in [-0.1, -0.05) is 51.9 Å². The van der Waals surface area contributed by atoms with Crippen LogP contribution in [0.25, 0.3) is 0 Å². The molecule has 0 aromatic rings. The van der Waals surface area contributed by atoms with Crippen molar-refractivity contribution in [3.8, 4) is 0 Å². The third kappa shape index (κ3) is 16.7. The predicted octanol–water partition coefficient (Wildman–Crippen LogP) is 6.43. The molecule has 0 heterocycles. The summed E-state index contributed by atoms with van der Waals surface area (Å²) in [6.07, 6.45) is 17.0. The second-order valence-electron chi connectivity index (χ2n) is 5.87. The minimum atomic E-state index is 0.568. The van der Waals surface area contributed by atoms with E-state index >= 15 is 0 Å². The lowest BCUT2D eigenvalue weighted by Gasteiger charge is -2.14. The van der Waals surface area contributed by atoms with Gasteiger partial charge in [-0.2, -0.15) is 24.4 Å². The van der Waals surface area contributed by atoms with Gasteiger partial charge in [0.1, 0.15) is 0 Å². The van der Waals surface area contributed by atoms with Crippen molar-refractivity contribution < 1.29 is 0 Å². The van der Waals surface area contributed by atoms with Gasteiger partial charge in [-0.25, -0.2) is 4.99 Å². The highest BCUT2D eigenvalue weighted by atomic mass is 32.2. The van der Waals surface area contributed by atoms with Crippen LogP contribution in [0.2, 0.25) is 0 Å². The fourth-order valence-corrected chi connectivity index (χ4v) is 3.59. The highest BCUT2D eigenvalue weighted by Gasteiger charge is 2.06. The molecule has 0 saturated heterocycles. The van der Waals surface area contributed by atoms with Gasteiger partial charge in [-0.05, 0) is 49.4 Å². The molecule has 0 aromatic carbocycles. The highest BCUT2D eigenvalue weighted by Crippen LogP contribution is 2.22. The van der Waals surface area contributed by atoms with Crippen LogP contribution in [0, 0.1) is 0 Å². The normalized spacial score (nSPS) is 13.7. The Morgan fingerprint density at radius 3 is 1.95 bits per heavy atom. The number of aliphatic imine (C=N–C) groups is 1. The summed E-state index contributed by atoms with van der Waals surface area (Å²) < 4.78 is 0. The second-order valence-corrected chi connectivity index (χ2v) is 8.08. The van der Waals surface area contributed by atoms with E-state index in [9.17, 15) is 0 Å². The van der Waals surface area contributed by atoms with Gasteiger partial charge in [0.05, 0.1) is 5.16 Å². The van der Waals surface area contributed by atoms with Crippen molar-refractivity contribution in [1.29, 1.82) is 0 Å². The van der Waals surface area contributed by atoms with Crippen molar-refractivity contribution in [3.63, 3.8) is 0 Å². The lowest BCUT2D eigenvalue weighted by molar-refractivity contribution is 0.550. The number of thiol groups is 1. The SMILES string of the molecule is CSC(CCCCCCN=C=S)CCCCCCC(C)S. The third-order valence-electron chi connectivity index (χ3n) is 3.84.